The van der Waals surface area contributed by atoms with Crippen LogP contribution in [0.4, 0.5) is 8.78 Å². The third kappa shape index (κ3) is 3.56. The first kappa shape index (κ1) is 15.2. The van der Waals surface area contributed by atoms with Crippen LogP contribution in [0.25, 0.3) is 11.3 Å². The van der Waals surface area contributed by atoms with Gasteiger partial charge in [-0.05, 0) is 35.9 Å². The van der Waals surface area contributed by atoms with Crippen LogP contribution in [0, 0.1) is 11.6 Å². The van der Waals surface area contributed by atoms with Crippen molar-refractivity contribution in [2.75, 3.05) is 0 Å². The van der Waals surface area contributed by atoms with Crippen LogP contribution in [0.2, 0.25) is 0 Å². The number of aromatic nitrogens is 2. The molecule has 1 heterocycles. The molecule has 0 aliphatic rings. The molecule has 0 bridgehead atoms. The maximum Gasteiger partial charge on any atom is 0.166 e. The Hall–Kier alpha value is -1.66. The largest absolute Gasteiger partial charge is 0.333 e. The number of hydrogen-bond acceptors (Lipinski definition) is 2. The minimum atomic E-state index is -0.438. The molecule has 0 saturated carbocycles. The molecule has 0 saturated heterocycles. The van der Waals surface area contributed by atoms with Gasteiger partial charge in [-0.25, -0.2) is 13.8 Å². The lowest BCUT2D eigenvalue weighted by Gasteiger charge is -2.02. The molecule has 1 N–H and O–H groups in total. The Morgan fingerprint density at radius 3 is 2.64 bits per heavy atom. The molecular formula is C16H11BrF2N2S. The summed E-state index contributed by atoms with van der Waals surface area (Å²) in [6.07, 6.45) is 1.73. The van der Waals surface area contributed by atoms with Gasteiger partial charge in [0, 0.05) is 15.8 Å². The molecule has 1 aromatic heterocycles. The molecule has 0 aliphatic heterocycles. The predicted molar refractivity (Wildman–Crippen MR) is 87.6 cm³/mol. The molecule has 112 valence electrons. The normalized spacial score (nSPS) is 10.9. The van der Waals surface area contributed by atoms with Crippen molar-refractivity contribution in [3.05, 3.63) is 70.3 Å². The molecule has 3 rings (SSSR count). The molecule has 0 unspecified atom stereocenters. The van der Waals surface area contributed by atoms with Crippen LogP contribution < -0.4 is 0 Å². The van der Waals surface area contributed by atoms with E-state index in [-0.39, 0.29) is 0 Å². The van der Waals surface area contributed by atoms with E-state index in [1.807, 2.05) is 24.3 Å². The Balaban J connectivity index is 1.72. The van der Waals surface area contributed by atoms with Crippen LogP contribution >= 0.6 is 27.7 Å². The Morgan fingerprint density at radius 2 is 1.86 bits per heavy atom. The zero-order valence-corrected chi connectivity index (χ0v) is 13.7. The van der Waals surface area contributed by atoms with Crippen molar-refractivity contribution in [2.45, 2.75) is 10.9 Å². The molecule has 6 heteroatoms. The van der Waals surface area contributed by atoms with Gasteiger partial charge in [0.05, 0.1) is 11.9 Å². The topological polar surface area (TPSA) is 28.7 Å². The third-order valence-electron chi connectivity index (χ3n) is 3.08. The number of H-pyrrole nitrogens is 1. The Kier molecular flexibility index (Phi) is 4.59. The quantitative estimate of drug-likeness (QED) is 0.613. The molecule has 2 aromatic carbocycles. The number of nitrogens with zero attached hydrogens (tertiary/aromatic N) is 1. The summed E-state index contributed by atoms with van der Waals surface area (Å²) in [7, 11) is 0. The average molecular weight is 381 g/mol. The standard InChI is InChI=1S/C16H11BrF2N2S/c17-12-3-1-10(2-4-12)15-8-20-16(21-15)22-9-11-7-13(18)5-6-14(11)19/h1-8H,9H2,(H,20,21). The Morgan fingerprint density at radius 1 is 1.09 bits per heavy atom. The van der Waals surface area contributed by atoms with Gasteiger partial charge in [-0.1, -0.05) is 39.8 Å². The van der Waals surface area contributed by atoms with Crippen LogP contribution in [0.3, 0.4) is 0 Å². The summed E-state index contributed by atoms with van der Waals surface area (Å²) >= 11 is 4.72. The van der Waals surface area contributed by atoms with Gasteiger partial charge >= 0.3 is 0 Å². The van der Waals surface area contributed by atoms with Crippen LogP contribution in [-0.4, -0.2) is 9.97 Å². The van der Waals surface area contributed by atoms with Gasteiger partial charge in [-0.3, -0.25) is 0 Å². The maximum absolute atomic E-state index is 13.6. The number of imidazole rings is 1. The smallest absolute Gasteiger partial charge is 0.166 e. The maximum atomic E-state index is 13.6. The van der Waals surface area contributed by atoms with E-state index < -0.39 is 11.6 Å². The van der Waals surface area contributed by atoms with E-state index in [4.69, 9.17) is 0 Å². The zero-order chi connectivity index (χ0) is 15.5. The molecule has 2 nitrogen and oxygen atoms in total. The zero-order valence-electron chi connectivity index (χ0n) is 11.3. The van der Waals surface area contributed by atoms with Gasteiger partial charge in [0.2, 0.25) is 0 Å². The van der Waals surface area contributed by atoms with Gasteiger partial charge in [0.15, 0.2) is 5.16 Å². The van der Waals surface area contributed by atoms with E-state index >= 15 is 0 Å². The number of aromatic amines is 1. The van der Waals surface area contributed by atoms with Gasteiger partial charge in [0.25, 0.3) is 0 Å². The van der Waals surface area contributed by atoms with E-state index in [1.54, 1.807) is 6.20 Å². The van der Waals surface area contributed by atoms with Crippen molar-refractivity contribution >= 4 is 27.7 Å². The summed E-state index contributed by atoms with van der Waals surface area (Å²) < 4.78 is 27.7. The number of rotatable bonds is 4. The summed E-state index contributed by atoms with van der Waals surface area (Å²) in [5.74, 6) is -0.530. The van der Waals surface area contributed by atoms with Crippen LogP contribution in [0.5, 0.6) is 0 Å². The minimum absolute atomic E-state index is 0.316. The van der Waals surface area contributed by atoms with Crippen LogP contribution in [-0.2, 0) is 5.75 Å². The van der Waals surface area contributed by atoms with Crippen LogP contribution in [0.1, 0.15) is 5.56 Å². The highest BCUT2D eigenvalue weighted by Crippen LogP contribution is 2.26. The van der Waals surface area contributed by atoms with Crippen molar-refractivity contribution in [2.24, 2.45) is 0 Å². The molecular weight excluding hydrogens is 370 g/mol. The molecule has 0 fully saturated rings. The second kappa shape index (κ2) is 6.62. The predicted octanol–water partition coefficient (Wildman–Crippen LogP) is 5.41. The lowest BCUT2D eigenvalue weighted by molar-refractivity contribution is 0.591. The van der Waals surface area contributed by atoms with Gasteiger partial charge in [0.1, 0.15) is 11.6 Å². The van der Waals surface area contributed by atoms with E-state index in [0.717, 1.165) is 27.9 Å². The highest BCUT2D eigenvalue weighted by Gasteiger charge is 2.08. The van der Waals surface area contributed by atoms with E-state index in [1.165, 1.54) is 17.8 Å². The van der Waals surface area contributed by atoms with Crippen molar-refractivity contribution in [1.82, 2.24) is 9.97 Å². The second-order valence-electron chi connectivity index (χ2n) is 4.63. The number of nitrogens with one attached hydrogen (secondary N) is 1. The first-order valence-electron chi connectivity index (χ1n) is 6.49. The SMILES string of the molecule is Fc1ccc(F)c(CSc2ncc(-c3ccc(Br)cc3)[nH]2)c1. The third-order valence-corrected chi connectivity index (χ3v) is 4.54. The number of hydrogen-bond donors (Lipinski definition) is 1. The molecule has 0 aliphatic carbocycles. The Labute approximate surface area is 139 Å². The summed E-state index contributed by atoms with van der Waals surface area (Å²) in [5.41, 5.74) is 2.22. The second-order valence-corrected chi connectivity index (χ2v) is 6.51. The summed E-state index contributed by atoms with van der Waals surface area (Å²) in [6, 6.07) is 11.3. The first-order valence-corrected chi connectivity index (χ1v) is 8.27. The number of thioether (sulfide) groups is 1. The van der Waals surface area contributed by atoms with Gasteiger partial charge in [-0.15, -0.1) is 0 Å². The van der Waals surface area contributed by atoms with E-state index in [0.29, 0.717) is 16.5 Å². The highest BCUT2D eigenvalue weighted by molar-refractivity contribution is 9.10. The van der Waals surface area contributed by atoms with Crippen molar-refractivity contribution in [1.29, 1.82) is 0 Å². The average Bonchev–Trinajstić information content (AvgIpc) is 2.98. The lowest BCUT2D eigenvalue weighted by atomic mass is 10.2. The number of benzene rings is 2. The van der Waals surface area contributed by atoms with Crippen LogP contribution in [0.15, 0.2) is 58.3 Å². The fourth-order valence-corrected chi connectivity index (χ4v) is 3.04. The van der Waals surface area contributed by atoms with Crippen molar-refractivity contribution in [3.63, 3.8) is 0 Å². The molecule has 0 amide bonds. The summed E-state index contributed by atoms with van der Waals surface area (Å²) in [4.78, 5) is 7.44. The molecule has 3 aromatic rings. The molecule has 0 atom stereocenters. The first-order chi connectivity index (χ1) is 10.6. The van der Waals surface area contributed by atoms with E-state index in [9.17, 15) is 8.78 Å². The molecule has 0 radical (unpaired) electrons. The fourth-order valence-electron chi connectivity index (χ4n) is 1.95. The van der Waals surface area contributed by atoms with Crippen molar-refractivity contribution in [3.8, 4) is 11.3 Å². The van der Waals surface area contributed by atoms with Gasteiger partial charge in [-0.2, -0.15) is 0 Å². The Bertz CT molecular complexity index is 787. The number of halogens is 3. The van der Waals surface area contributed by atoms with Crippen molar-refractivity contribution < 1.29 is 8.78 Å². The highest BCUT2D eigenvalue weighted by atomic mass is 79.9. The monoisotopic (exact) mass is 380 g/mol. The summed E-state index contributed by atoms with van der Waals surface area (Å²) in [6.45, 7) is 0. The fraction of sp³-hybridized carbons (Fsp3) is 0.0625. The minimum Gasteiger partial charge on any atom is -0.333 e. The molecule has 0 spiro atoms. The van der Waals surface area contributed by atoms with Gasteiger partial charge < -0.3 is 4.98 Å². The lowest BCUT2D eigenvalue weighted by Crippen LogP contribution is -1.89. The summed E-state index contributed by atoms with van der Waals surface area (Å²) in [5, 5.41) is 0.668. The molecule has 22 heavy (non-hydrogen) atoms. The van der Waals surface area contributed by atoms with E-state index in [2.05, 4.69) is 25.9 Å².